The summed E-state index contributed by atoms with van der Waals surface area (Å²) in [6.07, 6.45) is 15.3. The third-order valence-electron chi connectivity index (χ3n) is 3.52. The van der Waals surface area contributed by atoms with Crippen LogP contribution in [0.2, 0.25) is 0 Å². The molecule has 0 saturated carbocycles. The van der Waals surface area contributed by atoms with E-state index in [1.165, 1.54) is 44.9 Å². The minimum atomic E-state index is -0.379. The van der Waals surface area contributed by atoms with Gasteiger partial charge in [0.05, 0.1) is 12.3 Å². The summed E-state index contributed by atoms with van der Waals surface area (Å²) in [5.74, 6) is -0.973. The molecular weight excluding hydrogens is 240 g/mol. The van der Waals surface area contributed by atoms with E-state index in [9.17, 15) is 9.59 Å². The van der Waals surface area contributed by atoms with Gasteiger partial charge in [-0.2, -0.15) is 0 Å². The summed E-state index contributed by atoms with van der Waals surface area (Å²) in [5.41, 5.74) is 0. The smallest absolute Gasteiger partial charge is 0.317 e. The Morgan fingerprint density at radius 3 is 2.37 bits per heavy atom. The molecule has 1 fully saturated rings. The second kappa shape index (κ2) is 9.76. The minimum Gasteiger partial charge on any atom is -0.393 e. The Hall–Kier alpha value is -1.12. The molecule has 1 aliphatic rings. The number of allylic oxidation sites excluding steroid dienone is 2. The normalized spacial score (nSPS) is 19.3. The van der Waals surface area contributed by atoms with Crippen LogP contribution in [-0.2, 0) is 14.3 Å². The number of hydrogen-bond acceptors (Lipinski definition) is 3. The molecule has 1 aliphatic heterocycles. The van der Waals surface area contributed by atoms with Gasteiger partial charge >= 0.3 is 11.9 Å². The third-order valence-corrected chi connectivity index (χ3v) is 3.52. The van der Waals surface area contributed by atoms with Crippen LogP contribution >= 0.6 is 0 Å². The van der Waals surface area contributed by atoms with E-state index in [1.54, 1.807) is 0 Å². The van der Waals surface area contributed by atoms with Gasteiger partial charge in [-0.15, -0.1) is 0 Å². The first-order valence-corrected chi connectivity index (χ1v) is 7.63. The van der Waals surface area contributed by atoms with Crippen molar-refractivity contribution in [3.63, 3.8) is 0 Å². The molecule has 3 heteroatoms. The number of cyclic esters (lactones) is 2. The number of ether oxygens (including phenoxy) is 1. The molecule has 19 heavy (non-hydrogen) atoms. The van der Waals surface area contributed by atoms with E-state index in [0.717, 1.165) is 6.42 Å². The van der Waals surface area contributed by atoms with Crippen LogP contribution in [0.3, 0.4) is 0 Å². The lowest BCUT2D eigenvalue weighted by Gasteiger charge is -2.00. The first-order chi connectivity index (χ1) is 9.24. The number of hydrogen-bond donors (Lipinski definition) is 0. The standard InChI is InChI=1S/C16H26O3/c1-2-3-4-5-6-7-8-9-10-11-12-14-13-15(17)19-16(14)18/h10-11,14H,2-9,12-13H2,1H3/b11-10+/t14-/m0/s1. The number of carbonyl (C=O) groups excluding carboxylic acids is 2. The van der Waals surface area contributed by atoms with Crippen LogP contribution in [0.4, 0.5) is 0 Å². The van der Waals surface area contributed by atoms with Crippen LogP contribution in [0.5, 0.6) is 0 Å². The summed E-state index contributed by atoms with van der Waals surface area (Å²) in [4.78, 5) is 22.1. The molecule has 0 aromatic carbocycles. The number of carbonyl (C=O) groups is 2. The van der Waals surface area contributed by atoms with E-state index in [1.807, 2.05) is 6.08 Å². The monoisotopic (exact) mass is 266 g/mol. The minimum absolute atomic E-state index is 0.238. The average Bonchev–Trinajstić information content (AvgIpc) is 2.70. The van der Waals surface area contributed by atoms with Gasteiger partial charge < -0.3 is 4.74 Å². The maximum atomic E-state index is 11.2. The summed E-state index contributed by atoms with van der Waals surface area (Å²) < 4.78 is 4.50. The maximum Gasteiger partial charge on any atom is 0.317 e. The van der Waals surface area contributed by atoms with Crippen molar-refractivity contribution in [3.8, 4) is 0 Å². The highest BCUT2D eigenvalue weighted by atomic mass is 16.6. The Bertz CT molecular complexity index is 307. The van der Waals surface area contributed by atoms with E-state index in [0.29, 0.717) is 6.42 Å². The summed E-state index contributed by atoms with van der Waals surface area (Å²) in [5, 5.41) is 0. The average molecular weight is 266 g/mol. The van der Waals surface area contributed by atoms with E-state index in [2.05, 4.69) is 17.7 Å². The van der Waals surface area contributed by atoms with Crippen molar-refractivity contribution in [2.45, 2.75) is 71.1 Å². The lowest BCUT2D eigenvalue weighted by molar-refractivity contribution is -0.153. The van der Waals surface area contributed by atoms with Gasteiger partial charge in [0.2, 0.25) is 0 Å². The second-order valence-corrected chi connectivity index (χ2v) is 5.31. The summed E-state index contributed by atoms with van der Waals surface area (Å²) >= 11 is 0. The molecule has 0 bridgehead atoms. The maximum absolute atomic E-state index is 11.2. The highest BCUT2D eigenvalue weighted by molar-refractivity contribution is 5.94. The fourth-order valence-electron chi connectivity index (χ4n) is 2.30. The van der Waals surface area contributed by atoms with Crippen LogP contribution in [-0.4, -0.2) is 11.9 Å². The van der Waals surface area contributed by atoms with Crippen molar-refractivity contribution in [3.05, 3.63) is 12.2 Å². The van der Waals surface area contributed by atoms with Crippen molar-refractivity contribution in [1.29, 1.82) is 0 Å². The molecule has 0 aromatic rings. The van der Waals surface area contributed by atoms with Crippen molar-refractivity contribution >= 4 is 11.9 Å². The van der Waals surface area contributed by atoms with Gasteiger partial charge in [0.25, 0.3) is 0 Å². The van der Waals surface area contributed by atoms with Gasteiger partial charge in [-0.25, -0.2) is 0 Å². The molecule has 0 radical (unpaired) electrons. The van der Waals surface area contributed by atoms with Crippen molar-refractivity contribution in [2.75, 3.05) is 0 Å². The quantitative estimate of drug-likeness (QED) is 0.258. The van der Waals surface area contributed by atoms with Crippen molar-refractivity contribution < 1.29 is 14.3 Å². The lowest BCUT2D eigenvalue weighted by Crippen LogP contribution is -2.05. The predicted octanol–water partition coefficient (Wildman–Crippen LogP) is 4.16. The zero-order valence-corrected chi connectivity index (χ0v) is 12.0. The lowest BCUT2D eigenvalue weighted by atomic mass is 10.0. The first-order valence-electron chi connectivity index (χ1n) is 7.63. The molecule has 0 aromatic heterocycles. The Morgan fingerprint density at radius 2 is 1.74 bits per heavy atom. The fraction of sp³-hybridized carbons (Fsp3) is 0.750. The number of rotatable bonds is 10. The van der Waals surface area contributed by atoms with Crippen LogP contribution in [0.25, 0.3) is 0 Å². The molecule has 3 nitrogen and oxygen atoms in total. The van der Waals surface area contributed by atoms with Crippen LogP contribution < -0.4 is 0 Å². The topological polar surface area (TPSA) is 43.4 Å². The predicted molar refractivity (Wildman–Crippen MR) is 75.6 cm³/mol. The van der Waals surface area contributed by atoms with Crippen LogP contribution in [0.1, 0.15) is 71.1 Å². The number of unbranched alkanes of at least 4 members (excludes halogenated alkanes) is 7. The van der Waals surface area contributed by atoms with Gasteiger partial charge in [0.15, 0.2) is 0 Å². The SMILES string of the molecule is CCCCCCCCC/C=C/C[C@H]1CC(=O)OC1=O. The summed E-state index contributed by atoms with van der Waals surface area (Å²) in [6.45, 7) is 2.23. The molecule has 0 unspecified atom stereocenters. The fourth-order valence-corrected chi connectivity index (χ4v) is 2.30. The summed E-state index contributed by atoms with van der Waals surface area (Å²) in [6, 6.07) is 0. The molecule has 1 rings (SSSR count). The van der Waals surface area contributed by atoms with Gasteiger partial charge in [0.1, 0.15) is 0 Å². The Labute approximate surface area is 116 Å². The van der Waals surface area contributed by atoms with Gasteiger partial charge in [-0.05, 0) is 19.3 Å². The molecule has 0 aliphatic carbocycles. The molecule has 0 N–H and O–H groups in total. The second-order valence-electron chi connectivity index (χ2n) is 5.31. The molecule has 1 atom stereocenters. The third kappa shape index (κ3) is 7.14. The molecular formula is C16H26O3. The van der Waals surface area contributed by atoms with E-state index < -0.39 is 0 Å². The highest BCUT2D eigenvalue weighted by Crippen LogP contribution is 2.20. The van der Waals surface area contributed by atoms with Gasteiger partial charge in [0, 0.05) is 0 Å². The van der Waals surface area contributed by atoms with Gasteiger partial charge in [-0.3, -0.25) is 9.59 Å². The van der Waals surface area contributed by atoms with Crippen LogP contribution in [0, 0.1) is 5.92 Å². The van der Waals surface area contributed by atoms with Crippen molar-refractivity contribution in [1.82, 2.24) is 0 Å². The molecule has 1 heterocycles. The highest BCUT2D eigenvalue weighted by Gasteiger charge is 2.31. The van der Waals surface area contributed by atoms with E-state index >= 15 is 0 Å². The zero-order chi connectivity index (χ0) is 13.9. The summed E-state index contributed by atoms with van der Waals surface area (Å²) in [7, 11) is 0. The van der Waals surface area contributed by atoms with E-state index in [4.69, 9.17) is 0 Å². The molecule has 108 valence electrons. The Balaban J connectivity index is 1.93. The largest absolute Gasteiger partial charge is 0.393 e. The Morgan fingerprint density at radius 1 is 1.05 bits per heavy atom. The first kappa shape index (κ1) is 15.9. The van der Waals surface area contributed by atoms with Crippen molar-refractivity contribution in [2.24, 2.45) is 5.92 Å². The van der Waals surface area contributed by atoms with Gasteiger partial charge in [-0.1, -0.05) is 57.6 Å². The van der Waals surface area contributed by atoms with Crippen LogP contribution in [0.15, 0.2) is 12.2 Å². The molecule has 1 saturated heterocycles. The van der Waals surface area contributed by atoms with E-state index in [-0.39, 0.29) is 24.3 Å². The molecule has 0 spiro atoms. The number of esters is 2. The molecule has 0 amide bonds. The Kier molecular flexibility index (Phi) is 8.19. The zero-order valence-electron chi connectivity index (χ0n) is 12.0.